The van der Waals surface area contributed by atoms with Crippen LogP contribution in [0.25, 0.3) is 6.08 Å². The molecule has 0 fully saturated rings. The second-order valence-corrected chi connectivity index (χ2v) is 4.98. The number of rotatable bonds is 7. The van der Waals surface area contributed by atoms with Crippen molar-refractivity contribution in [2.75, 3.05) is 20.8 Å². The topological polar surface area (TPSA) is 77.8 Å². The lowest BCUT2D eigenvalue weighted by molar-refractivity contribution is -0.122. The SMILES string of the molecule is CNC(=O)COc1ccc(/C=C/C(=O)c2ccc(C)o2)cc1OC. The lowest BCUT2D eigenvalue weighted by Gasteiger charge is -2.10. The first-order valence-corrected chi connectivity index (χ1v) is 7.33. The van der Waals surface area contributed by atoms with Crippen LogP contribution in [0.3, 0.4) is 0 Å². The lowest BCUT2D eigenvalue weighted by Crippen LogP contribution is -2.24. The fourth-order valence-corrected chi connectivity index (χ4v) is 1.94. The first kappa shape index (κ1) is 17.3. The number of hydrogen-bond acceptors (Lipinski definition) is 5. The average Bonchev–Trinajstić information content (AvgIpc) is 3.04. The normalized spacial score (nSPS) is 10.6. The van der Waals surface area contributed by atoms with Crippen molar-refractivity contribution < 1.29 is 23.5 Å². The number of methoxy groups -OCH3 is 1. The molecule has 0 aliphatic carbocycles. The third-order valence-corrected chi connectivity index (χ3v) is 3.24. The van der Waals surface area contributed by atoms with Gasteiger partial charge < -0.3 is 19.2 Å². The number of allylic oxidation sites excluding steroid dienone is 1. The number of benzene rings is 1. The van der Waals surface area contributed by atoms with Crippen LogP contribution < -0.4 is 14.8 Å². The smallest absolute Gasteiger partial charge is 0.257 e. The molecule has 1 aromatic carbocycles. The van der Waals surface area contributed by atoms with E-state index in [9.17, 15) is 9.59 Å². The number of nitrogens with one attached hydrogen (secondary N) is 1. The zero-order chi connectivity index (χ0) is 17.5. The fourth-order valence-electron chi connectivity index (χ4n) is 1.94. The Morgan fingerprint density at radius 2 is 2.00 bits per heavy atom. The van der Waals surface area contributed by atoms with Gasteiger partial charge in [-0.1, -0.05) is 12.1 Å². The molecule has 0 radical (unpaired) electrons. The Balaban J connectivity index is 2.09. The van der Waals surface area contributed by atoms with Gasteiger partial charge in [-0.3, -0.25) is 9.59 Å². The van der Waals surface area contributed by atoms with Crippen LogP contribution in [-0.4, -0.2) is 32.5 Å². The number of hydrogen-bond donors (Lipinski definition) is 1. The highest BCUT2D eigenvalue weighted by Crippen LogP contribution is 2.28. The molecule has 1 N–H and O–H groups in total. The highest BCUT2D eigenvalue weighted by molar-refractivity contribution is 6.04. The Morgan fingerprint density at radius 3 is 2.62 bits per heavy atom. The highest BCUT2D eigenvalue weighted by atomic mass is 16.5. The number of ketones is 1. The molecule has 2 rings (SSSR count). The quantitative estimate of drug-likeness (QED) is 0.624. The van der Waals surface area contributed by atoms with E-state index >= 15 is 0 Å². The van der Waals surface area contributed by atoms with Crippen LogP contribution in [0.5, 0.6) is 11.5 Å². The Labute approximate surface area is 140 Å². The molecule has 0 aliphatic rings. The molecule has 1 aromatic heterocycles. The van der Waals surface area contributed by atoms with Crippen molar-refractivity contribution >= 4 is 17.8 Å². The van der Waals surface area contributed by atoms with Gasteiger partial charge >= 0.3 is 0 Å². The van der Waals surface area contributed by atoms with Crippen LogP contribution in [-0.2, 0) is 4.79 Å². The van der Waals surface area contributed by atoms with Gasteiger partial charge in [-0.15, -0.1) is 0 Å². The van der Waals surface area contributed by atoms with Crippen molar-refractivity contribution in [3.05, 3.63) is 53.5 Å². The maximum atomic E-state index is 12.0. The van der Waals surface area contributed by atoms with E-state index in [1.165, 1.54) is 20.2 Å². The molecule has 126 valence electrons. The highest BCUT2D eigenvalue weighted by Gasteiger charge is 2.09. The molecule has 0 aliphatic heterocycles. The molecule has 0 bridgehead atoms. The second kappa shape index (κ2) is 8.01. The minimum atomic E-state index is -0.236. The first-order chi connectivity index (χ1) is 11.5. The van der Waals surface area contributed by atoms with Crippen molar-refractivity contribution in [2.24, 2.45) is 0 Å². The molecule has 24 heavy (non-hydrogen) atoms. The average molecular weight is 329 g/mol. The summed E-state index contributed by atoms with van der Waals surface area (Å²) >= 11 is 0. The molecule has 2 aromatic rings. The summed E-state index contributed by atoms with van der Waals surface area (Å²) in [6, 6.07) is 8.54. The van der Waals surface area contributed by atoms with Crippen LogP contribution in [0.2, 0.25) is 0 Å². The van der Waals surface area contributed by atoms with Crippen LogP contribution in [0.1, 0.15) is 21.9 Å². The monoisotopic (exact) mass is 329 g/mol. The van der Waals surface area contributed by atoms with Crippen molar-refractivity contribution in [3.8, 4) is 11.5 Å². The van der Waals surface area contributed by atoms with E-state index in [0.717, 1.165) is 5.56 Å². The maximum absolute atomic E-state index is 12.0. The van der Waals surface area contributed by atoms with E-state index in [4.69, 9.17) is 13.9 Å². The van der Waals surface area contributed by atoms with E-state index in [0.29, 0.717) is 23.0 Å². The summed E-state index contributed by atoms with van der Waals surface area (Å²) in [5.41, 5.74) is 0.760. The molecule has 0 spiro atoms. The predicted molar refractivity (Wildman–Crippen MR) is 89.4 cm³/mol. The van der Waals surface area contributed by atoms with Crippen LogP contribution >= 0.6 is 0 Å². The molecule has 0 saturated carbocycles. The third kappa shape index (κ3) is 4.49. The Hall–Kier alpha value is -3.02. The predicted octanol–water partition coefficient (Wildman–Crippen LogP) is 2.62. The van der Waals surface area contributed by atoms with Crippen LogP contribution in [0.15, 0.2) is 40.8 Å². The molecule has 0 atom stereocenters. The summed E-state index contributed by atoms with van der Waals surface area (Å²) in [5, 5.41) is 2.47. The number of amides is 1. The van der Waals surface area contributed by atoms with Crippen LogP contribution in [0, 0.1) is 6.92 Å². The van der Waals surface area contributed by atoms with Gasteiger partial charge in [0.1, 0.15) is 5.76 Å². The van der Waals surface area contributed by atoms with Crippen LogP contribution in [0.4, 0.5) is 0 Å². The van der Waals surface area contributed by atoms with Crippen molar-refractivity contribution in [1.29, 1.82) is 0 Å². The number of likely N-dealkylation sites (N-methyl/N-ethyl adjacent to an activating group) is 1. The molecule has 1 heterocycles. The third-order valence-electron chi connectivity index (χ3n) is 3.24. The van der Waals surface area contributed by atoms with Gasteiger partial charge in [0.25, 0.3) is 5.91 Å². The number of aryl methyl sites for hydroxylation is 1. The summed E-state index contributed by atoms with van der Waals surface area (Å²) in [4.78, 5) is 23.2. The summed E-state index contributed by atoms with van der Waals surface area (Å²) in [7, 11) is 3.04. The van der Waals surface area contributed by atoms with E-state index < -0.39 is 0 Å². The minimum Gasteiger partial charge on any atom is -0.493 e. The van der Waals surface area contributed by atoms with E-state index in [1.807, 2.05) is 0 Å². The minimum absolute atomic E-state index is 0.0988. The summed E-state index contributed by atoms with van der Waals surface area (Å²) < 4.78 is 15.9. The summed E-state index contributed by atoms with van der Waals surface area (Å²) in [6.45, 7) is 1.68. The van der Waals surface area contributed by atoms with Crippen molar-refractivity contribution in [2.45, 2.75) is 6.92 Å². The van der Waals surface area contributed by atoms with Gasteiger partial charge in [-0.25, -0.2) is 0 Å². The maximum Gasteiger partial charge on any atom is 0.257 e. The van der Waals surface area contributed by atoms with E-state index in [1.54, 1.807) is 43.3 Å². The Bertz CT molecular complexity index is 761. The van der Waals surface area contributed by atoms with Gasteiger partial charge in [0.15, 0.2) is 23.9 Å². The van der Waals surface area contributed by atoms with E-state index in [2.05, 4.69) is 5.32 Å². The van der Waals surface area contributed by atoms with Gasteiger partial charge in [0.2, 0.25) is 5.78 Å². The summed E-state index contributed by atoms with van der Waals surface area (Å²) in [6.07, 6.45) is 3.09. The lowest BCUT2D eigenvalue weighted by atomic mass is 10.1. The number of carbonyl (C=O) groups is 2. The number of furan rings is 1. The number of ether oxygens (including phenoxy) is 2. The zero-order valence-electron chi connectivity index (χ0n) is 13.8. The van der Waals surface area contributed by atoms with Crippen molar-refractivity contribution in [1.82, 2.24) is 5.32 Å². The molecule has 0 unspecified atom stereocenters. The van der Waals surface area contributed by atoms with Gasteiger partial charge in [-0.05, 0) is 42.8 Å². The molecule has 0 saturated heterocycles. The Morgan fingerprint density at radius 1 is 1.21 bits per heavy atom. The Kier molecular flexibility index (Phi) is 5.78. The fraction of sp³-hybridized carbons (Fsp3) is 0.222. The standard InChI is InChI=1S/C18H19NO5/c1-12-4-8-15(24-12)14(20)7-5-13-6-9-16(17(10-13)22-3)23-11-18(21)19-2/h4-10H,11H2,1-3H3,(H,19,21)/b7-5+. The van der Waals surface area contributed by atoms with Gasteiger partial charge in [0, 0.05) is 7.05 Å². The molecular formula is C18H19NO5. The van der Waals surface area contributed by atoms with Gasteiger partial charge in [-0.2, -0.15) is 0 Å². The number of carbonyl (C=O) groups excluding carboxylic acids is 2. The largest absolute Gasteiger partial charge is 0.493 e. The molecular weight excluding hydrogens is 310 g/mol. The first-order valence-electron chi connectivity index (χ1n) is 7.33. The summed E-state index contributed by atoms with van der Waals surface area (Å²) in [5.74, 6) is 1.45. The van der Waals surface area contributed by atoms with Crippen molar-refractivity contribution in [3.63, 3.8) is 0 Å². The molecule has 6 heteroatoms. The molecule has 1 amide bonds. The van der Waals surface area contributed by atoms with E-state index in [-0.39, 0.29) is 18.3 Å². The second-order valence-electron chi connectivity index (χ2n) is 4.98. The zero-order valence-corrected chi connectivity index (χ0v) is 13.8. The van der Waals surface area contributed by atoms with Gasteiger partial charge in [0.05, 0.1) is 7.11 Å². The molecule has 6 nitrogen and oxygen atoms in total.